The summed E-state index contributed by atoms with van der Waals surface area (Å²) in [7, 11) is 4.40. The van der Waals surface area contributed by atoms with Crippen LogP contribution in [0.4, 0.5) is 10.5 Å². The highest BCUT2D eigenvalue weighted by Gasteiger charge is 2.37. The van der Waals surface area contributed by atoms with E-state index in [0.29, 0.717) is 34.1 Å². The van der Waals surface area contributed by atoms with Crippen molar-refractivity contribution in [2.45, 2.75) is 6.92 Å². The number of hydrogen-bond donors (Lipinski definition) is 1. The number of hydrogen-bond acceptors (Lipinski definition) is 6. The molecule has 1 aliphatic heterocycles. The maximum absolute atomic E-state index is 13.1. The lowest BCUT2D eigenvalue weighted by Crippen LogP contribution is -2.54. The number of nitrogens with zero attached hydrogens (tertiary/aromatic N) is 1. The molecule has 0 radical (unpaired) electrons. The maximum atomic E-state index is 13.1. The van der Waals surface area contributed by atoms with E-state index < -0.39 is 17.8 Å². The molecule has 1 saturated heterocycles. The average Bonchev–Trinajstić information content (AvgIpc) is 2.71. The fourth-order valence-electron chi connectivity index (χ4n) is 3.10. The van der Waals surface area contributed by atoms with Gasteiger partial charge < -0.3 is 14.2 Å². The maximum Gasteiger partial charge on any atom is 0.335 e. The van der Waals surface area contributed by atoms with E-state index in [4.69, 9.17) is 14.2 Å². The largest absolute Gasteiger partial charge is 0.493 e. The van der Waals surface area contributed by atoms with Crippen molar-refractivity contribution in [3.63, 3.8) is 0 Å². The first kappa shape index (κ1) is 21.4. The van der Waals surface area contributed by atoms with E-state index in [-0.39, 0.29) is 5.57 Å². The highest BCUT2D eigenvalue weighted by atomic mass is 79.9. The number of urea groups is 1. The fraction of sp³-hybridized carbons (Fsp3) is 0.190. The summed E-state index contributed by atoms with van der Waals surface area (Å²) >= 11 is 3.35. The van der Waals surface area contributed by atoms with Gasteiger partial charge >= 0.3 is 6.03 Å². The van der Waals surface area contributed by atoms with Gasteiger partial charge in [0.25, 0.3) is 11.8 Å². The van der Waals surface area contributed by atoms with E-state index in [1.54, 1.807) is 37.3 Å². The van der Waals surface area contributed by atoms with Gasteiger partial charge in [0, 0.05) is 4.47 Å². The Morgan fingerprint density at radius 1 is 0.967 bits per heavy atom. The molecule has 0 saturated carbocycles. The molecule has 4 amide bonds. The third kappa shape index (κ3) is 3.88. The summed E-state index contributed by atoms with van der Waals surface area (Å²) in [6, 6.07) is 7.50. The van der Waals surface area contributed by atoms with E-state index >= 15 is 0 Å². The number of halogens is 1. The second kappa shape index (κ2) is 8.58. The molecular weight excluding hydrogens is 456 g/mol. The second-order valence-electron chi connectivity index (χ2n) is 6.35. The monoisotopic (exact) mass is 474 g/mol. The number of ether oxygens (including phenoxy) is 3. The minimum atomic E-state index is -0.808. The summed E-state index contributed by atoms with van der Waals surface area (Å²) in [4.78, 5) is 38.9. The first-order valence-corrected chi connectivity index (χ1v) is 9.57. The van der Waals surface area contributed by atoms with Gasteiger partial charge in [-0.15, -0.1) is 0 Å². The molecule has 0 aromatic heterocycles. The second-order valence-corrected chi connectivity index (χ2v) is 7.26. The molecule has 0 atom stereocenters. The zero-order chi connectivity index (χ0) is 22.0. The molecule has 0 bridgehead atoms. The van der Waals surface area contributed by atoms with Gasteiger partial charge in [0.2, 0.25) is 5.75 Å². The van der Waals surface area contributed by atoms with Gasteiger partial charge in [-0.3, -0.25) is 14.9 Å². The van der Waals surface area contributed by atoms with Crippen LogP contribution in [0.2, 0.25) is 0 Å². The van der Waals surface area contributed by atoms with Crippen LogP contribution in [0, 0.1) is 6.92 Å². The lowest BCUT2D eigenvalue weighted by atomic mass is 10.0. The number of barbiturate groups is 1. The lowest BCUT2D eigenvalue weighted by molar-refractivity contribution is -0.122. The van der Waals surface area contributed by atoms with Crippen LogP contribution in [0.15, 0.2) is 40.4 Å². The van der Waals surface area contributed by atoms with E-state index in [0.717, 1.165) is 9.37 Å². The molecule has 0 spiro atoms. The minimum absolute atomic E-state index is 0.203. The summed E-state index contributed by atoms with van der Waals surface area (Å²) in [6.45, 7) is 1.76. The number of aryl methyl sites for hydroxylation is 1. The molecule has 9 heteroatoms. The van der Waals surface area contributed by atoms with Crippen LogP contribution < -0.4 is 24.4 Å². The molecule has 1 N–H and O–H groups in total. The van der Waals surface area contributed by atoms with E-state index in [9.17, 15) is 14.4 Å². The Kier molecular flexibility index (Phi) is 6.12. The Balaban J connectivity index is 2.09. The third-order valence-electron chi connectivity index (χ3n) is 4.50. The summed E-state index contributed by atoms with van der Waals surface area (Å²) in [5.74, 6) is -0.412. The fourth-order valence-corrected chi connectivity index (χ4v) is 3.57. The first-order chi connectivity index (χ1) is 14.3. The predicted molar refractivity (Wildman–Crippen MR) is 114 cm³/mol. The number of anilines is 1. The molecule has 3 rings (SSSR count). The summed E-state index contributed by atoms with van der Waals surface area (Å²) in [6.07, 6.45) is 1.37. The van der Waals surface area contributed by atoms with Gasteiger partial charge in [0.05, 0.1) is 27.0 Å². The van der Waals surface area contributed by atoms with Gasteiger partial charge in [-0.25, -0.2) is 9.69 Å². The zero-order valence-corrected chi connectivity index (χ0v) is 18.3. The zero-order valence-electron chi connectivity index (χ0n) is 16.7. The van der Waals surface area contributed by atoms with Gasteiger partial charge in [-0.1, -0.05) is 15.9 Å². The van der Waals surface area contributed by atoms with Crippen molar-refractivity contribution in [3.05, 3.63) is 51.5 Å². The standard InChI is InChI=1S/C21H19BrN2O6/c1-11-7-13(22)5-6-15(11)24-20(26)14(19(25)23-21(24)27)8-12-9-16(28-2)18(30-4)17(10-12)29-3/h5-10H,1-4H3,(H,23,25,27)/b14-8+. The molecule has 30 heavy (non-hydrogen) atoms. The Morgan fingerprint density at radius 2 is 1.60 bits per heavy atom. The normalized spacial score (nSPS) is 15.3. The van der Waals surface area contributed by atoms with Crippen molar-refractivity contribution in [3.8, 4) is 17.2 Å². The van der Waals surface area contributed by atoms with Gasteiger partial charge in [-0.2, -0.15) is 0 Å². The van der Waals surface area contributed by atoms with E-state index in [1.807, 2.05) is 0 Å². The topological polar surface area (TPSA) is 94.2 Å². The number of amides is 4. The van der Waals surface area contributed by atoms with Crippen LogP contribution in [-0.2, 0) is 9.59 Å². The van der Waals surface area contributed by atoms with Crippen LogP contribution in [-0.4, -0.2) is 39.2 Å². The molecule has 2 aromatic carbocycles. The molecule has 0 unspecified atom stereocenters. The number of benzene rings is 2. The van der Waals surface area contributed by atoms with Crippen molar-refractivity contribution >= 4 is 45.5 Å². The van der Waals surface area contributed by atoms with Gasteiger partial charge in [0.15, 0.2) is 11.5 Å². The van der Waals surface area contributed by atoms with Crippen LogP contribution in [0.3, 0.4) is 0 Å². The van der Waals surface area contributed by atoms with Gasteiger partial charge in [0.1, 0.15) is 5.57 Å². The Labute approximate surface area is 181 Å². The SMILES string of the molecule is COc1cc(/C=C2\C(=O)NC(=O)N(c3ccc(Br)cc3C)C2=O)cc(OC)c1OC. The number of rotatable bonds is 5. The molecule has 1 fully saturated rings. The predicted octanol–water partition coefficient (Wildman–Crippen LogP) is 3.45. The summed E-state index contributed by atoms with van der Waals surface area (Å²) in [5, 5.41) is 2.21. The van der Waals surface area contributed by atoms with Crippen LogP contribution in [0.1, 0.15) is 11.1 Å². The van der Waals surface area contributed by atoms with Gasteiger partial charge in [-0.05, 0) is 54.5 Å². The third-order valence-corrected chi connectivity index (χ3v) is 4.99. The Bertz CT molecular complexity index is 1050. The van der Waals surface area contributed by atoms with Crippen molar-refractivity contribution in [1.82, 2.24) is 5.32 Å². The molecular formula is C21H19BrN2O6. The molecule has 1 heterocycles. The molecule has 156 valence electrons. The highest BCUT2D eigenvalue weighted by Crippen LogP contribution is 2.39. The van der Waals surface area contributed by atoms with Crippen molar-refractivity contribution in [1.29, 1.82) is 0 Å². The lowest BCUT2D eigenvalue weighted by Gasteiger charge is -2.27. The number of carbonyl (C=O) groups excluding carboxylic acids is 3. The summed E-state index contributed by atoms with van der Waals surface area (Å²) < 4.78 is 16.7. The van der Waals surface area contributed by atoms with Crippen LogP contribution in [0.5, 0.6) is 17.2 Å². The Hall–Kier alpha value is -3.33. The van der Waals surface area contributed by atoms with Crippen molar-refractivity contribution < 1.29 is 28.6 Å². The quantitative estimate of drug-likeness (QED) is 0.526. The molecule has 8 nitrogen and oxygen atoms in total. The van der Waals surface area contributed by atoms with Crippen LogP contribution in [0.25, 0.3) is 6.08 Å². The molecule has 0 aliphatic carbocycles. The first-order valence-electron chi connectivity index (χ1n) is 8.78. The Morgan fingerprint density at radius 3 is 2.13 bits per heavy atom. The smallest absolute Gasteiger partial charge is 0.335 e. The average molecular weight is 475 g/mol. The van der Waals surface area contributed by atoms with Crippen molar-refractivity contribution in [2.24, 2.45) is 0 Å². The molecule has 2 aromatic rings. The molecule has 1 aliphatic rings. The van der Waals surface area contributed by atoms with E-state index in [2.05, 4.69) is 21.2 Å². The number of carbonyl (C=O) groups is 3. The minimum Gasteiger partial charge on any atom is -0.493 e. The van der Waals surface area contributed by atoms with Crippen molar-refractivity contribution in [2.75, 3.05) is 26.2 Å². The summed E-state index contributed by atoms with van der Waals surface area (Å²) in [5.41, 5.74) is 1.33. The number of nitrogens with one attached hydrogen (secondary N) is 1. The highest BCUT2D eigenvalue weighted by molar-refractivity contribution is 9.10. The van der Waals surface area contributed by atoms with E-state index in [1.165, 1.54) is 27.4 Å². The number of methoxy groups -OCH3 is 3. The van der Waals surface area contributed by atoms with Crippen LogP contribution >= 0.6 is 15.9 Å². The number of imide groups is 2.